The third-order valence-electron chi connectivity index (χ3n) is 2.38. The second-order valence-corrected chi connectivity index (χ2v) is 5.89. The van der Waals surface area contributed by atoms with E-state index in [4.69, 9.17) is 5.11 Å². The lowest BCUT2D eigenvalue weighted by Crippen LogP contribution is -1.95. The molecule has 0 saturated heterocycles. The van der Waals surface area contributed by atoms with Crippen molar-refractivity contribution < 1.29 is 5.11 Å². The van der Waals surface area contributed by atoms with E-state index in [0.717, 1.165) is 14.9 Å². The number of nitrogens with one attached hydrogen (secondary N) is 1. The molecule has 0 amide bonds. The molecular formula is C14H14BrN3OS. The van der Waals surface area contributed by atoms with Gasteiger partial charge in [-0.15, -0.1) is 11.8 Å². The highest BCUT2D eigenvalue weighted by Crippen LogP contribution is 2.20. The van der Waals surface area contributed by atoms with Crippen LogP contribution in [0, 0.1) is 0 Å². The van der Waals surface area contributed by atoms with Gasteiger partial charge in [0.1, 0.15) is 5.82 Å². The molecule has 0 bridgehead atoms. The topological polar surface area (TPSA) is 57.5 Å². The Kier molecular flexibility index (Phi) is 6.04. The summed E-state index contributed by atoms with van der Waals surface area (Å²) in [6.07, 6.45) is 3.46. The summed E-state index contributed by atoms with van der Waals surface area (Å²) in [5, 5.41) is 13.1. The zero-order valence-corrected chi connectivity index (χ0v) is 13.1. The number of aliphatic hydroxyl groups is 1. The van der Waals surface area contributed by atoms with E-state index < -0.39 is 0 Å². The Morgan fingerprint density at radius 2 is 2.15 bits per heavy atom. The predicted molar refractivity (Wildman–Crippen MR) is 87.4 cm³/mol. The lowest BCUT2D eigenvalue weighted by Gasteiger charge is -2.04. The van der Waals surface area contributed by atoms with E-state index in [1.807, 2.05) is 36.4 Å². The standard InChI is InChI=1S/C14H14BrN3OS/c15-12-5-6-14(16-10-12)18-17-9-11-3-1-2-4-13(11)20-8-7-19/h1-6,9-10,19H,7-8H2,(H,16,18)/b17-9-. The molecule has 6 heteroatoms. The molecule has 1 aromatic heterocycles. The molecule has 0 aliphatic heterocycles. The van der Waals surface area contributed by atoms with E-state index in [-0.39, 0.29) is 6.61 Å². The second-order valence-electron chi connectivity index (χ2n) is 3.84. The number of benzene rings is 1. The Morgan fingerprint density at radius 1 is 1.30 bits per heavy atom. The molecule has 104 valence electrons. The molecule has 4 nitrogen and oxygen atoms in total. The average molecular weight is 352 g/mol. The van der Waals surface area contributed by atoms with Gasteiger partial charge in [0.2, 0.25) is 0 Å². The van der Waals surface area contributed by atoms with Crippen LogP contribution in [0.2, 0.25) is 0 Å². The maximum absolute atomic E-state index is 8.89. The van der Waals surface area contributed by atoms with Crippen LogP contribution in [0.1, 0.15) is 5.56 Å². The number of hydrazone groups is 1. The molecule has 0 aliphatic rings. The van der Waals surface area contributed by atoms with Gasteiger partial charge in [0.05, 0.1) is 12.8 Å². The lowest BCUT2D eigenvalue weighted by molar-refractivity contribution is 0.322. The normalized spacial score (nSPS) is 10.9. The number of halogens is 1. The summed E-state index contributed by atoms with van der Waals surface area (Å²) in [7, 11) is 0. The van der Waals surface area contributed by atoms with Gasteiger partial charge in [-0.05, 0) is 34.1 Å². The van der Waals surface area contributed by atoms with E-state index in [0.29, 0.717) is 11.6 Å². The maximum atomic E-state index is 8.89. The summed E-state index contributed by atoms with van der Waals surface area (Å²) < 4.78 is 0.928. The van der Waals surface area contributed by atoms with E-state index in [2.05, 4.69) is 31.4 Å². The number of hydrogen-bond donors (Lipinski definition) is 2. The van der Waals surface area contributed by atoms with Gasteiger partial charge in [-0.3, -0.25) is 5.43 Å². The molecular weight excluding hydrogens is 338 g/mol. The van der Waals surface area contributed by atoms with Crippen LogP contribution in [0.4, 0.5) is 5.82 Å². The van der Waals surface area contributed by atoms with Crippen LogP contribution >= 0.6 is 27.7 Å². The van der Waals surface area contributed by atoms with Crippen LogP contribution in [-0.4, -0.2) is 28.7 Å². The molecule has 2 aromatic rings. The summed E-state index contributed by atoms with van der Waals surface area (Å²) in [4.78, 5) is 5.26. The van der Waals surface area contributed by atoms with Crippen molar-refractivity contribution in [2.24, 2.45) is 5.10 Å². The number of aromatic nitrogens is 1. The van der Waals surface area contributed by atoms with Crippen molar-refractivity contribution in [3.8, 4) is 0 Å². The monoisotopic (exact) mass is 351 g/mol. The summed E-state index contributed by atoms with van der Waals surface area (Å²) in [6, 6.07) is 11.7. The third kappa shape index (κ3) is 4.63. The van der Waals surface area contributed by atoms with Crippen LogP contribution in [0.25, 0.3) is 0 Å². The molecule has 1 heterocycles. The molecule has 1 aromatic carbocycles. The lowest BCUT2D eigenvalue weighted by atomic mass is 10.2. The zero-order chi connectivity index (χ0) is 14.2. The van der Waals surface area contributed by atoms with Gasteiger partial charge in [0.25, 0.3) is 0 Å². The first-order valence-corrected chi connectivity index (χ1v) is 7.81. The highest BCUT2D eigenvalue weighted by Gasteiger charge is 1.99. The SMILES string of the molecule is OCCSc1ccccc1/C=N\Nc1ccc(Br)cn1. The predicted octanol–water partition coefficient (Wildman–Crippen LogP) is 3.37. The van der Waals surface area contributed by atoms with Crippen LogP contribution < -0.4 is 5.43 Å². The average Bonchev–Trinajstić information content (AvgIpc) is 2.48. The van der Waals surface area contributed by atoms with E-state index in [1.54, 1.807) is 24.2 Å². The third-order valence-corrected chi connectivity index (χ3v) is 3.92. The van der Waals surface area contributed by atoms with Crippen LogP contribution in [-0.2, 0) is 0 Å². The van der Waals surface area contributed by atoms with Gasteiger partial charge in [-0.1, -0.05) is 18.2 Å². The minimum Gasteiger partial charge on any atom is -0.396 e. The summed E-state index contributed by atoms with van der Waals surface area (Å²) in [5.41, 5.74) is 3.89. The largest absolute Gasteiger partial charge is 0.396 e. The molecule has 0 radical (unpaired) electrons. The quantitative estimate of drug-likeness (QED) is 0.475. The van der Waals surface area contributed by atoms with Gasteiger partial charge >= 0.3 is 0 Å². The van der Waals surface area contributed by atoms with Crippen LogP contribution in [0.15, 0.2) is 57.1 Å². The molecule has 2 rings (SSSR count). The molecule has 0 spiro atoms. The molecule has 0 atom stereocenters. The van der Waals surface area contributed by atoms with Crippen molar-refractivity contribution in [1.29, 1.82) is 0 Å². The highest BCUT2D eigenvalue weighted by atomic mass is 79.9. The number of aliphatic hydroxyl groups excluding tert-OH is 1. The van der Waals surface area contributed by atoms with Crippen LogP contribution in [0.3, 0.4) is 0 Å². The van der Waals surface area contributed by atoms with Gasteiger partial charge in [-0.25, -0.2) is 4.98 Å². The van der Waals surface area contributed by atoms with Crippen molar-refractivity contribution in [1.82, 2.24) is 4.98 Å². The summed E-state index contributed by atoms with van der Waals surface area (Å²) in [6.45, 7) is 0.164. The molecule has 2 N–H and O–H groups in total. The summed E-state index contributed by atoms with van der Waals surface area (Å²) in [5.74, 6) is 1.36. The number of thioether (sulfide) groups is 1. The smallest absolute Gasteiger partial charge is 0.146 e. The number of anilines is 1. The van der Waals surface area contributed by atoms with Crippen molar-refractivity contribution in [2.45, 2.75) is 4.90 Å². The Morgan fingerprint density at radius 3 is 2.90 bits per heavy atom. The minimum absolute atomic E-state index is 0.164. The minimum atomic E-state index is 0.164. The number of hydrogen-bond acceptors (Lipinski definition) is 5. The molecule has 0 unspecified atom stereocenters. The zero-order valence-electron chi connectivity index (χ0n) is 10.7. The fourth-order valence-electron chi connectivity index (χ4n) is 1.48. The maximum Gasteiger partial charge on any atom is 0.146 e. The highest BCUT2D eigenvalue weighted by molar-refractivity contribution is 9.10. The first kappa shape index (κ1) is 15.0. The summed E-state index contributed by atoms with van der Waals surface area (Å²) >= 11 is 4.94. The van der Waals surface area contributed by atoms with E-state index in [9.17, 15) is 0 Å². The molecule has 0 aliphatic carbocycles. The van der Waals surface area contributed by atoms with Gasteiger partial charge < -0.3 is 5.11 Å². The fourth-order valence-corrected chi connectivity index (χ4v) is 2.49. The van der Waals surface area contributed by atoms with Gasteiger partial charge in [0.15, 0.2) is 0 Å². The van der Waals surface area contributed by atoms with Gasteiger partial charge in [-0.2, -0.15) is 5.10 Å². The number of pyridine rings is 1. The Labute approximate surface area is 130 Å². The molecule has 0 fully saturated rings. The van der Waals surface area contributed by atoms with Crippen LogP contribution in [0.5, 0.6) is 0 Å². The Bertz CT molecular complexity index is 575. The first-order chi connectivity index (χ1) is 9.79. The van der Waals surface area contributed by atoms with Crippen molar-refractivity contribution in [3.63, 3.8) is 0 Å². The fraction of sp³-hybridized carbons (Fsp3) is 0.143. The van der Waals surface area contributed by atoms with E-state index in [1.165, 1.54) is 0 Å². The Hall–Kier alpha value is -1.37. The van der Waals surface area contributed by atoms with E-state index >= 15 is 0 Å². The Balaban J connectivity index is 2.01. The van der Waals surface area contributed by atoms with Gasteiger partial charge in [0, 0.05) is 26.9 Å². The van der Waals surface area contributed by atoms with Crippen molar-refractivity contribution in [3.05, 3.63) is 52.6 Å². The molecule has 20 heavy (non-hydrogen) atoms. The van der Waals surface area contributed by atoms with Crippen molar-refractivity contribution in [2.75, 3.05) is 17.8 Å². The molecule has 0 saturated carbocycles. The van der Waals surface area contributed by atoms with Crippen molar-refractivity contribution >= 4 is 39.7 Å². The first-order valence-electron chi connectivity index (χ1n) is 6.03. The second kappa shape index (κ2) is 8.04. The number of rotatable bonds is 6. The number of nitrogens with zero attached hydrogens (tertiary/aromatic N) is 2.